The van der Waals surface area contributed by atoms with Crippen LogP contribution in [0.3, 0.4) is 0 Å². The van der Waals surface area contributed by atoms with Gasteiger partial charge in [-0.15, -0.1) is 0 Å². The number of nitrogens with zero attached hydrogens (tertiary/aromatic N) is 1. The van der Waals surface area contributed by atoms with Gasteiger partial charge >= 0.3 is 0 Å². The quantitative estimate of drug-likeness (QED) is 0.726. The molecule has 4 heteroatoms. The maximum atomic E-state index is 11.3. The maximum absolute atomic E-state index is 11.3. The van der Waals surface area contributed by atoms with Gasteiger partial charge in [-0.25, -0.2) is 4.98 Å². The summed E-state index contributed by atoms with van der Waals surface area (Å²) >= 11 is 0. The molecule has 76 valence electrons. The van der Waals surface area contributed by atoms with Gasteiger partial charge < -0.3 is 10.7 Å². The molecule has 0 radical (unpaired) electrons. The first-order chi connectivity index (χ1) is 6.64. The molecule has 1 fully saturated rings. The van der Waals surface area contributed by atoms with Gasteiger partial charge in [-0.3, -0.25) is 4.79 Å². The van der Waals surface area contributed by atoms with Crippen molar-refractivity contribution in [3.63, 3.8) is 0 Å². The van der Waals surface area contributed by atoms with E-state index in [0.29, 0.717) is 13.0 Å². The van der Waals surface area contributed by atoms with E-state index in [-0.39, 0.29) is 11.0 Å². The van der Waals surface area contributed by atoms with Gasteiger partial charge in [-0.05, 0) is 19.4 Å². The zero-order chi connectivity index (χ0) is 10.2. The van der Waals surface area contributed by atoms with E-state index in [1.54, 1.807) is 0 Å². The second kappa shape index (κ2) is 3.20. The topological polar surface area (TPSA) is 71.8 Å². The average Bonchev–Trinajstić information content (AvgIpc) is 2.85. The lowest BCUT2D eigenvalue weighted by Crippen LogP contribution is -2.19. The van der Waals surface area contributed by atoms with Gasteiger partial charge in [0.05, 0.1) is 0 Å². The molecule has 4 nitrogen and oxygen atoms in total. The van der Waals surface area contributed by atoms with Crippen molar-refractivity contribution in [2.75, 3.05) is 6.54 Å². The van der Waals surface area contributed by atoms with E-state index in [2.05, 4.69) is 16.9 Å². The van der Waals surface area contributed by atoms with Crippen molar-refractivity contribution in [1.29, 1.82) is 0 Å². The summed E-state index contributed by atoms with van der Waals surface area (Å²) in [5, 5.41) is 0. The fraction of sp³-hybridized carbons (Fsp3) is 0.600. The molecule has 0 spiro atoms. The lowest BCUT2D eigenvalue weighted by Gasteiger charge is -2.08. The van der Waals surface area contributed by atoms with Crippen molar-refractivity contribution in [1.82, 2.24) is 9.97 Å². The van der Waals surface area contributed by atoms with E-state index < -0.39 is 0 Å². The Balaban J connectivity index is 2.37. The Morgan fingerprint density at radius 3 is 2.93 bits per heavy atom. The monoisotopic (exact) mass is 193 g/mol. The number of nitrogens with two attached hydrogens (primary N) is 1. The molecular weight excluding hydrogens is 178 g/mol. The van der Waals surface area contributed by atoms with Gasteiger partial charge in [-0.2, -0.15) is 0 Å². The van der Waals surface area contributed by atoms with Gasteiger partial charge in [0.2, 0.25) is 0 Å². The van der Waals surface area contributed by atoms with Crippen LogP contribution < -0.4 is 11.3 Å². The molecule has 1 aliphatic rings. The minimum Gasteiger partial charge on any atom is -0.330 e. The first-order valence-corrected chi connectivity index (χ1v) is 4.95. The third-order valence-electron chi connectivity index (χ3n) is 2.77. The molecular formula is C10H15N3O. The summed E-state index contributed by atoms with van der Waals surface area (Å²) in [6, 6.07) is 1.53. The summed E-state index contributed by atoms with van der Waals surface area (Å²) in [6.45, 7) is 2.66. The minimum absolute atomic E-state index is 0.0634. The van der Waals surface area contributed by atoms with E-state index >= 15 is 0 Å². The van der Waals surface area contributed by atoms with Crippen LogP contribution in [-0.4, -0.2) is 16.5 Å². The zero-order valence-corrected chi connectivity index (χ0v) is 8.34. The molecule has 0 saturated heterocycles. The Labute approximate surface area is 82.6 Å². The summed E-state index contributed by atoms with van der Waals surface area (Å²) in [7, 11) is 0. The molecule has 0 unspecified atom stereocenters. The van der Waals surface area contributed by atoms with Crippen LogP contribution in [0.1, 0.15) is 31.3 Å². The van der Waals surface area contributed by atoms with Crippen molar-refractivity contribution in [2.24, 2.45) is 5.73 Å². The predicted octanol–water partition coefficient (Wildman–Crippen LogP) is 0.323. The van der Waals surface area contributed by atoms with Gasteiger partial charge in [0.15, 0.2) is 0 Å². The number of hydrogen-bond donors (Lipinski definition) is 2. The van der Waals surface area contributed by atoms with E-state index in [9.17, 15) is 4.79 Å². The molecule has 1 aromatic heterocycles. The number of H-pyrrole nitrogens is 1. The van der Waals surface area contributed by atoms with Crippen LogP contribution in [-0.2, 0) is 11.8 Å². The molecule has 0 atom stereocenters. The predicted molar refractivity (Wildman–Crippen MR) is 54.2 cm³/mol. The molecule has 1 heterocycles. The van der Waals surface area contributed by atoms with Gasteiger partial charge in [0.1, 0.15) is 5.82 Å². The SMILES string of the molecule is CC1(c2nc(CCN)cc(=O)[nH]2)CC1. The van der Waals surface area contributed by atoms with Crippen molar-refractivity contribution < 1.29 is 0 Å². The van der Waals surface area contributed by atoms with Crippen LogP contribution in [0, 0.1) is 0 Å². The lowest BCUT2D eigenvalue weighted by molar-refractivity contribution is 0.689. The Bertz CT molecular complexity index is 393. The number of aromatic nitrogens is 2. The summed E-state index contributed by atoms with van der Waals surface area (Å²) in [5.41, 5.74) is 6.29. The Morgan fingerprint density at radius 1 is 1.64 bits per heavy atom. The van der Waals surface area contributed by atoms with Gasteiger partial charge in [0.25, 0.3) is 5.56 Å². The zero-order valence-electron chi connectivity index (χ0n) is 8.34. The third kappa shape index (κ3) is 1.70. The number of aromatic amines is 1. The number of hydrogen-bond acceptors (Lipinski definition) is 3. The molecule has 14 heavy (non-hydrogen) atoms. The molecule has 0 aliphatic heterocycles. The second-order valence-electron chi connectivity index (χ2n) is 4.18. The van der Waals surface area contributed by atoms with E-state index in [1.807, 2.05) is 0 Å². The first-order valence-electron chi connectivity index (χ1n) is 4.95. The normalized spacial score (nSPS) is 18.1. The second-order valence-corrected chi connectivity index (χ2v) is 4.18. The van der Waals surface area contributed by atoms with Crippen LogP contribution in [0.25, 0.3) is 0 Å². The van der Waals surface area contributed by atoms with Crippen molar-refractivity contribution >= 4 is 0 Å². The van der Waals surface area contributed by atoms with Crippen LogP contribution in [0.2, 0.25) is 0 Å². The summed E-state index contributed by atoms with van der Waals surface area (Å²) < 4.78 is 0. The summed E-state index contributed by atoms with van der Waals surface area (Å²) in [5.74, 6) is 0.827. The summed E-state index contributed by atoms with van der Waals surface area (Å²) in [4.78, 5) is 18.5. The molecule has 0 bridgehead atoms. The van der Waals surface area contributed by atoms with Gasteiger partial charge in [0, 0.05) is 23.6 Å². The molecule has 0 amide bonds. The van der Waals surface area contributed by atoms with Crippen LogP contribution in [0.5, 0.6) is 0 Å². The molecule has 1 saturated carbocycles. The van der Waals surface area contributed by atoms with Crippen molar-refractivity contribution in [3.05, 3.63) is 27.9 Å². The number of nitrogens with one attached hydrogen (secondary N) is 1. The fourth-order valence-electron chi connectivity index (χ4n) is 1.49. The molecule has 1 aromatic rings. The maximum Gasteiger partial charge on any atom is 0.251 e. The van der Waals surface area contributed by atoms with E-state index in [4.69, 9.17) is 5.73 Å². The highest BCUT2D eigenvalue weighted by Crippen LogP contribution is 2.45. The Morgan fingerprint density at radius 2 is 2.36 bits per heavy atom. The third-order valence-corrected chi connectivity index (χ3v) is 2.77. The standard InChI is InChI=1S/C10H15N3O/c1-10(3-4-10)9-12-7(2-5-11)6-8(14)13-9/h6H,2-5,11H2,1H3,(H,12,13,14). The fourth-order valence-corrected chi connectivity index (χ4v) is 1.49. The first kappa shape index (κ1) is 9.40. The highest BCUT2D eigenvalue weighted by molar-refractivity contribution is 5.17. The van der Waals surface area contributed by atoms with Gasteiger partial charge in [-0.1, -0.05) is 6.92 Å². The largest absolute Gasteiger partial charge is 0.330 e. The van der Waals surface area contributed by atoms with Crippen LogP contribution in [0.15, 0.2) is 10.9 Å². The Hall–Kier alpha value is -1.16. The number of rotatable bonds is 3. The van der Waals surface area contributed by atoms with E-state index in [0.717, 1.165) is 24.4 Å². The van der Waals surface area contributed by atoms with Crippen LogP contribution >= 0.6 is 0 Å². The van der Waals surface area contributed by atoms with Crippen LogP contribution in [0.4, 0.5) is 0 Å². The molecule has 1 aliphatic carbocycles. The highest BCUT2D eigenvalue weighted by atomic mass is 16.1. The molecule has 2 rings (SSSR count). The summed E-state index contributed by atoms with van der Waals surface area (Å²) in [6.07, 6.45) is 2.90. The minimum atomic E-state index is -0.0634. The smallest absolute Gasteiger partial charge is 0.251 e. The Kier molecular flexibility index (Phi) is 2.15. The van der Waals surface area contributed by atoms with Crippen molar-refractivity contribution in [3.8, 4) is 0 Å². The lowest BCUT2D eigenvalue weighted by atomic mass is 10.1. The molecule has 0 aromatic carbocycles. The highest BCUT2D eigenvalue weighted by Gasteiger charge is 2.41. The molecule has 3 N–H and O–H groups in total. The average molecular weight is 193 g/mol. The van der Waals surface area contributed by atoms with Crippen molar-refractivity contribution in [2.45, 2.75) is 31.6 Å². The van der Waals surface area contributed by atoms with E-state index in [1.165, 1.54) is 6.07 Å².